The Hall–Kier alpha value is -3.52. The monoisotopic (exact) mass is 411 g/mol. The highest BCUT2D eigenvalue weighted by Gasteiger charge is 2.12. The van der Waals surface area contributed by atoms with Crippen LogP contribution in [-0.2, 0) is 0 Å². The van der Waals surface area contributed by atoms with Gasteiger partial charge >= 0.3 is 0 Å². The van der Waals surface area contributed by atoms with Crippen molar-refractivity contribution in [2.45, 2.75) is 0 Å². The maximum absolute atomic E-state index is 13.1. The second-order valence-electron chi connectivity index (χ2n) is 6.06. The van der Waals surface area contributed by atoms with E-state index in [4.69, 9.17) is 16.3 Å². The molecule has 4 rings (SSSR count). The zero-order chi connectivity index (χ0) is 20.2. The molecule has 146 valence electrons. The van der Waals surface area contributed by atoms with Crippen molar-refractivity contribution in [2.24, 2.45) is 0 Å². The van der Waals surface area contributed by atoms with Gasteiger partial charge in [-0.1, -0.05) is 41.9 Å². The second-order valence-corrected chi connectivity index (χ2v) is 6.47. The second kappa shape index (κ2) is 8.24. The summed E-state index contributed by atoms with van der Waals surface area (Å²) in [7, 11) is 0. The van der Waals surface area contributed by atoms with Crippen LogP contribution in [0.3, 0.4) is 0 Å². The van der Waals surface area contributed by atoms with Gasteiger partial charge in [0.15, 0.2) is 11.5 Å². The van der Waals surface area contributed by atoms with Gasteiger partial charge < -0.3 is 10.1 Å². The van der Waals surface area contributed by atoms with Crippen molar-refractivity contribution in [3.63, 3.8) is 0 Å². The third kappa shape index (κ3) is 4.17. The van der Waals surface area contributed by atoms with Crippen molar-refractivity contribution in [1.29, 1.82) is 0 Å². The van der Waals surface area contributed by atoms with Crippen molar-refractivity contribution in [3.05, 3.63) is 77.1 Å². The molecule has 2 aromatic carbocycles. The third-order valence-electron chi connectivity index (χ3n) is 4.08. The quantitative estimate of drug-likeness (QED) is 0.492. The average molecular weight is 412 g/mol. The smallest absolute Gasteiger partial charge is 0.252 e. The first-order valence-corrected chi connectivity index (χ1v) is 9.13. The highest BCUT2D eigenvalue weighted by atomic mass is 35.5. The number of aromatic nitrogens is 4. The fourth-order valence-electron chi connectivity index (χ4n) is 2.71. The SMILES string of the molecule is O=C(NCCOc1ccc2nnc(-c3ccccc3)n2n1)c1ccc(F)cc1Cl. The number of ether oxygens (including phenoxy) is 1. The van der Waals surface area contributed by atoms with Gasteiger partial charge in [0.2, 0.25) is 5.88 Å². The number of hydrogen-bond acceptors (Lipinski definition) is 5. The standard InChI is InChI=1S/C20H15ClFN5O2/c21-16-12-14(22)6-7-15(16)20(28)23-10-11-29-18-9-8-17-24-25-19(27(17)26-18)13-4-2-1-3-5-13/h1-9,12H,10-11H2,(H,23,28). The molecule has 0 atom stereocenters. The Kier molecular flexibility index (Phi) is 5.35. The molecule has 0 spiro atoms. The summed E-state index contributed by atoms with van der Waals surface area (Å²) in [5.41, 5.74) is 1.67. The summed E-state index contributed by atoms with van der Waals surface area (Å²) in [5, 5.41) is 15.4. The zero-order valence-electron chi connectivity index (χ0n) is 15.0. The van der Waals surface area contributed by atoms with Gasteiger partial charge in [0.1, 0.15) is 12.4 Å². The summed E-state index contributed by atoms with van der Waals surface area (Å²) >= 11 is 5.89. The molecule has 0 aliphatic carbocycles. The van der Waals surface area contributed by atoms with Crippen LogP contribution in [0.2, 0.25) is 5.02 Å². The van der Waals surface area contributed by atoms with E-state index in [2.05, 4.69) is 20.6 Å². The number of rotatable bonds is 6. The highest BCUT2D eigenvalue weighted by Crippen LogP contribution is 2.19. The van der Waals surface area contributed by atoms with Crippen molar-refractivity contribution in [3.8, 4) is 17.3 Å². The topological polar surface area (TPSA) is 81.4 Å². The summed E-state index contributed by atoms with van der Waals surface area (Å²) in [6.07, 6.45) is 0. The number of benzene rings is 2. The van der Waals surface area contributed by atoms with Crippen molar-refractivity contribution < 1.29 is 13.9 Å². The Balaban J connectivity index is 1.39. The number of fused-ring (bicyclic) bond motifs is 1. The summed E-state index contributed by atoms with van der Waals surface area (Å²) < 4.78 is 20.3. The fourth-order valence-corrected chi connectivity index (χ4v) is 2.96. The van der Waals surface area contributed by atoms with Crippen LogP contribution in [0.25, 0.3) is 17.0 Å². The van der Waals surface area contributed by atoms with Crippen LogP contribution >= 0.6 is 11.6 Å². The molecule has 1 N–H and O–H groups in total. The van der Waals surface area contributed by atoms with Gasteiger partial charge in [-0.25, -0.2) is 4.39 Å². The van der Waals surface area contributed by atoms with Gasteiger partial charge in [-0.2, -0.15) is 4.52 Å². The molecule has 9 heteroatoms. The molecule has 2 aromatic heterocycles. The molecule has 0 saturated heterocycles. The number of carbonyl (C=O) groups excluding carboxylic acids is 1. The minimum atomic E-state index is -0.500. The molecule has 1 amide bonds. The summed E-state index contributed by atoms with van der Waals surface area (Å²) in [5.74, 6) is 0.0567. The lowest BCUT2D eigenvalue weighted by Crippen LogP contribution is -2.28. The van der Waals surface area contributed by atoms with E-state index < -0.39 is 11.7 Å². The van der Waals surface area contributed by atoms with Gasteiger partial charge in [-0.15, -0.1) is 15.3 Å². The van der Waals surface area contributed by atoms with Crippen molar-refractivity contribution >= 4 is 23.2 Å². The van der Waals surface area contributed by atoms with Gasteiger partial charge in [0.25, 0.3) is 5.91 Å². The Morgan fingerprint density at radius 3 is 2.72 bits per heavy atom. The van der Waals surface area contributed by atoms with Crippen LogP contribution < -0.4 is 10.1 Å². The largest absolute Gasteiger partial charge is 0.475 e. The van der Waals surface area contributed by atoms with Crippen molar-refractivity contribution in [1.82, 2.24) is 25.1 Å². The van der Waals surface area contributed by atoms with Crippen LogP contribution in [0.15, 0.2) is 60.7 Å². The number of nitrogens with zero attached hydrogens (tertiary/aromatic N) is 4. The minimum Gasteiger partial charge on any atom is -0.475 e. The van der Waals surface area contributed by atoms with E-state index in [0.717, 1.165) is 11.6 Å². The van der Waals surface area contributed by atoms with Crippen LogP contribution in [0.5, 0.6) is 5.88 Å². The maximum atomic E-state index is 13.1. The van der Waals surface area contributed by atoms with Gasteiger partial charge in [0, 0.05) is 11.6 Å². The molecule has 0 aliphatic heterocycles. The molecule has 2 heterocycles. The van der Waals surface area contributed by atoms with E-state index in [0.29, 0.717) is 17.4 Å². The van der Waals surface area contributed by atoms with E-state index in [1.54, 1.807) is 16.6 Å². The lowest BCUT2D eigenvalue weighted by molar-refractivity contribution is 0.0946. The fraction of sp³-hybridized carbons (Fsp3) is 0.100. The van der Waals surface area contributed by atoms with Crippen LogP contribution in [-0.4, -0.2) is 38.9 Å². The number of halogens is 2. The molecule has 0 aliphatic rings. The first kappa shape index (κ1) is 18.8. The molecule has 0 bridgehead atoms. The van der Waals surface area contributed by atoms with Crippen LogP contribution in [0, 0.1) is 5.82 Å². The molecular weight excluding hydrogens is 397 g/mol. The number of nitrogens with one attached hydrogen (secondary N) is 1. The molecule has 0 saturated carbocycles. The first-order chi connectivity index (χ1) is 14.1. The third-order valence-corrected chi connectivity index (χ3v) is 4.40. The van der Waals surface area contributed by atoms with Crippen LogP contribution in [0.1, 0.15) is 10.4 Å². The summed E-state index contributed by atoms with van der Waals surface area (Å²) in [4.78, 5) is 12.1. The maximum Gasteiger partial charge on any atom is 0.252 e. The zero-order valence-corrected chi connectivity index (χ0v) is 15.8. The van der Waals surface area contributed by atoms with E-state index in [9.17, 15) is 9.18 Å². The normalized spacial score (nSPS) is 10.8. The van der Waals surface area contributed by atoms with E-state index >= 15 is 0 Å². The summed E-state index contributed by atoms with van der Waals surface area (Å²) in [6.45, 7) is 0.409. The predicted molar refractivity (Wildman–Crippen MR) is 105 cm³/mol. The van der Waals surface area contributed by atoms with Gasteiger partial charge in [0.05, 0.1) is 17.1 Å². The van der Waals surface area contributed by atoms with E-state index in [1.165, 1.54) is 12.1 Å². The Labute approximate surface area is 170 Å². The summed E-state index contributed by atoms with van der Waals surface area (Å²) in [6, 6.07) is 16.6. The number of carbonyl (C=O) groups is 1. The lowest BCUT2D eigenvalue weighted by atomic mass is 10.2. The van der Waals surface area contributed by atoms with E-state index in [1.807, 2.05) is 30.3 Å². The molecule has 7 nitrogen and oxygen atoms in total. The molecule has 0 radical (unpaired) electrons. The lowest BCUT2D eigenvalue weighted by Gasteiger charge is -2.08. The number of amides is 1. The van der Waals surface area contributed by atoms with Crippen LogP contribution in [0.4, 0.5) is 4.39 Å². The molecule has 0 unspecified atom stereocenters. The number of hydrogen-bond donors (Lipinski definition) is 1. The Morgan fingerprint density at radius 2 is 1.93 bits per heavy atom. The highest BCUT2D eigenvalue weighted by molar-refractivity contribution is 6.33. The molecule has 4 aromatic rings. The minimum absolute atomic E-state index is 0.0524. The van der Waals surface area contributed by atoms with Crippen molar-refractivity contribution in [2.75, 3.05) is 13.2 Å². The molecule has 29 heavy (non-hydrogen) atoms. The van der Waals surface area contributed by atoms with E-state index in [-0.39, 0.29) is 23.7 Å². The van der Waals surface area contributed by atoms with Gasteiger partial charge in [-0.05, 0) is 24.3 Å². The Bertz CT molecular complexity index is 1170. The average Bonchev–Trinajstić information content (AvgIpc) is 3.15. The molecule has 0 fully saturated rings. The Morgan fingerprint density at radius 1 is 1.10 bits per heavy atom. The predicted octanol–water partition coefficient (Wildman–Crippen LogP) is 3.39. The molecular formula is C20H15ClFN5O2. The first-order valence-electron chi connectivity index (χ1n) is 8.76. The van der Waals surface area contributed by atoms with Gasteiger partial charge in [-0.3, -0.25) is 4.79 Å².